The van der Waals surface area contributed by atoms with Crippen molar-refractivity contribution in [2.45, 2.75) is 186 Å². The molecule has 6 aromatic carbocycles. The van der Waals surface area contributed by atoms with Crippen molar-refractivity contribution in [2.24, 2.45) is 0 Å². The number of hydrogen-bond acceptors (Lipinski definition) is 16. The van der Waals surface area contributed by atoms with Crippen LogP contribution in [0.2, 0.25) is 0 Å². The smallest absolute Gasteiger partial charge is 0.256 e. The summed E-state index contributed by atoms with van der Waals surface area (Å²) >= 11 is 0. The van der Waals surface area contributed by atoms with Crippen molar-refractivity contribution in [2.75, 3.05) is 19.6 Å². The van der Waals surface area contributed by atoms with E-state index in [1.54, 1.807) is 45.0 Å². The van der Waals surface area contributed by atoms with Crippen molar-refractivity contribution < 1.29 is 70.9 Å². The summed E-state index contributed by atoms with van der Waals surface area (Å²) in [6.45, 7) is 11.0. The fourth-order valence-electron chi connectivity index (χ4n) is 9.09. The molecule has 0 aliphatic heterocycles. The van der Waals surface area contributed by atoms with E-state index >= 15 is 0 Å². The van der Waals surface area contributed by atoms with Crippen molar-refractivity contribution in [1.29, 1.82) is 0 Å². The lowest BCUT2D eigenvalue weighted by Gasteiger charge is -2.22. The van der Waals surface area contributed by atoms with Gasteiger partial charge >= 0.3 is 0 Å². The molecule has 0 aromatic heterocycles. The van der Waals surface area contributed by atoms with Crippen LogP contribution in [-0.2, 0) is 60.1 Å². The highest BCUT2D eigenvalue weighted by molar-refractivity contribution is 8.05. The molecule has 19 nitrogen and oxygen atoms in total. The summed E-state index contributed by atoms with van der Waals surface area (Å²) in [5.41, 5.74) is 1.93. The van der Waals surface area contributed by atoms with E-state index in [1.807, 2.05) is 0 Å². The van der Waals surface area contributed by atoms with Gasteiger partial charge in [-0.2, -0.15) is 0 Å². The first-order valence-electron chi connectivity index (χ1n) is 29.6. The van der Waals surface area contributed by atoms with Crippen molar-refractivity contribution in [3.05, 3.63) is 156 Å². The monoisotopic (exact) mass is 1330 g/mol. The number of phenols is 4. The van der Waals surface area contributed by atoms with Gasteiger partial charge in [0.2, 0.25) is 0 Å². The summed E-state index contributed by atoms with van der Waals surface area (Å²) in [6, 6.07) is 31.0. The number of hydrogen-bond donors (Lipinski definition) is 4. The van der Waals surface area contributed by atoms with E-state index in [0.717, 1.165) is 119 Å². The predicted octanol–water partition coefficient (Wildman–Crippen LogP) is 13.0. The molecule has 6 aromatic rings. The highest BCUT2D eigenvalue weighted by atomic mass is 32.3. The van der Waals surface area contributed by atoms with Crippen LogP contribution in [0.25, 0.3) is 0 Å². The fraction of sp³-hybridized carbons (Fsp3) is 0.429. The van der Waals surface area contributed by atoms with Gasteiger partial charge in [-0.05, 0) is 148 Å². The van der Waals surface area contributed by atoms with Crippen LogP contribution in [0, 0.1) is 20.8 Å². The van der Waals surface area contributed by atoms with Gasteiger partial charge in [-0.25, -0.2) is 50.5 Å². The molecule has 486 valence electrons. The van der Waals surface area contributed by atoms with Crippen molar-refractivity contribution in [3.8, 4) is 23.0 Å². The van der Waals surface area contributed by atoms with Gasteiger partial charge in [-0.1, -0.05) is 171 Å². The van der Waals surface area contributed by atoms with Gasteiger partial charge in [0.25, 0.3) is 60.1 Å². The summed E-state index contributed by atoms with van der Waals surface area (Å²) in [4.78, 5) is -1.15. The first-order chi connectivity index (χ1) is 41.5. The quantitative estimate of drug-likeness (QED) is 0.0278. The molecule has 0 aliphatic carbocycles. The maximum absolute atomic E-state index is 13.2. The standard InChI is InChI=1S/C21H29NO6S2.2C21H29NO5S2/c1-3-4-5-6-7-8-14-22(29(25,26)19-11-9-10-18(23)15-19)30(27,28)20-13-12-17(2)21(24)16-20;1-3-4-5-6-7-8-15-22(28(24,25)20-13-9-11-18(2)16-20)29(26,27)21-14-10-12-19(23)17-21;1-3-4-5-6-7-8-16-22(28(24,25)20-14-12-19(23)13-15-20)29(26,27)21-11-9-10-18(2)17-21/h9-13,15-16,23-24H,3-8,14H2,1-2H3;9-14,16-17,23H,3-8,15H2,1-2H3;9-15,17,23H,3-8,16H2,1-2H3. The second kappa shape index (κ2) is 34.9. The minimum Gasteiger partial charge on any atom is -0.508 e. The van der Waals surface area contributed by atoms with Crippen LogP contribution in [0.15, 0.2) is 169 Å². The predicted molar refractivity (Wildman–Crippen MR) is 343 cm³/mol. The number of sulfonamides is 6. The molecule has 0 spiro atoms. The maximum atomic E-state index is 13.2. The van der Waals surface area contributed by atoms with Crippen LogP contribution in [0.3, 0.4) is 0 Å². The Kier molecular flexibility index (Phi) is 29.6. The normalized spacial score (nSPS) is 12.4. The van der Waals surface area contributed by atoms with Gasteiger partial charge < -0.3 is 20.4 Å². The Morgan fingerprint density at radius 1 is 0.284 bits per heavy atom. The van der Waals surface area contributed by atoms with Crippen LogP contribution in [0.5, 0.6) is 23.0 Å². The molecular weight excluding hydrogens is 1250 g/mol. The van der Waals surface area contributed by atoms with Crippen molar-refractivity contribution >= 4 is 60.1 Å². The number of unbranched alkanes of at least 4 members (excludes halogenated alkanes) is 15. The molecule has 0 unspecified atom stereocenters. The van der Waals surface area contributed by atoms with E-state index in [2.05, 4.69) is 20.8 Å². The molecule has 0 saturated heterocycles. The highest BCUT2D eigenvalue weighted by Crippen LogP contribution is 2.32. The Morgan fingerprint density at radius 3 is 0.864 bits per heavy atom. The molecule has 0 heterocycles. The number of phenolic OH excluding ortho intramolecular Hbond substituents is 4. The second-order valence-electron chi connectivity index (χ2n) is 21.4. The molecule has 0 fully saturated rings. The summed E-state index contributed by atoms with van der Waals surface area (Å²) < 4.78 is 160. The van der Waals surface area contributed by atoms with Crippen LogP contribution < -0.4 is 0 Å². The van der Waals surface area contributed by atoms with E-state index in [9.17, 15) is 70.9 Å². The minimum absolute atomic E-state index is 0.0502. The van der Waals surface area contributed by atoms with E-state index in [0.29, 0.717) is 42.4 Å². The molecule has 0 atom stereocenters. The number of aromatic hydroxyl groups is 4. The molecule has 0 amide bonds. The average molecular weight is 1330 g/mol. The number of nitrogens with zero attached hydrogens (tertiary/aromatic N) is 3. The lowest BCUT2D eigenvalue weighted by Crippen LogP contribution is -2.37. The van der Waals surface area contributed by atoms with Gasteiger partial charge in [-0.3, -0.25) is 0 Å². The molecule has 0 radical (unpaired) electrons. The van der Waals surface area contributed by atoms with Gasteiger partial charge in [0.15, 0.2) is 0 Å². The molecule has 0 saturated carbocycles. The van der Waals surface area contributed by atoms with E-state index in [1.165, 1.54) is 97.1 Å². The third kappa shape index (κ3) is 21.4. The average Bonchev–Trinajstić information content (AvgIpc) is 2.42. The van der Waals surface area contributed by atoms with Crippen LogP contribution in [0.4, 0.5) is 0 Å². The lowest BCUT2D eigenvalue weighted by molar-refractivity contribution is 0.463. The zero-order valence-electron chi connectivity index (χ0n) is 51.1. The summed E-state index contributed by atoms with van der Waals surface area (Å²) in [5, 5.41) is 38.7. The first-order valence-corrected chi connectivity index (χ1v) is 38.3. The number of aryl methyl sites for hydroxylation is 3. The molecule has 4 N–H and O–H groups in total. The van der Waals surface area contributed by atoms with Gasteiger partial charge in [0.05, 0.1) is 29.4 Å². The largest absolute Gasteiger partial charge is 0.508 e. The highest BCUT2D eigenvalue weighted by Gasteiger charge is 2.39. The maximum Gasteiger partial charge on any atom is 0.256 e. The van der Waals surface area contributed by atoms with Crippen LogP contribution >= 0.6 is 0 Å². The summed E-state index contributed by atoms with van der Waals surface area (Å²) in [6.07, 6.45) is 15.9. The summed E-state index contributed by atoms with van der Waals surface area (Å²) in [5.74, 6) is -0.835. The number of benzene rings is 6. The third-order valence-electron chi connectivity index (χ3n) is 14.1. The van der Waals surface area contributed by atoms with Gasteiger partial charge in [0.1, 0.15) is 23.0 Å². The Morgan fingerprint density at radius 2 is 0.557 bits per heavy atom. The zero-order valence-corrected chi connectivity index (χ0v) is 56.0. The Balaban J connectivity index is 0.000000282. The Labute approximate surface area is 524 Å². The topological polar surface area (TPSA) is 295 Å². The first kappa shape index (κ1) is 74.6. The SMILES string of the molecule is CCCCCCCCN(S(=O)(=O)c1ccc(O)cc1)S(=O)(=O)c1cccc(C)c1.CCCCCCCCN(S(=O)(=O)c1cccc(C)c1)S(=O)(=O)c1cccc(O)c1.CCCCCCCCN(S(=O)(=O)c1cccc(O)c1)S(=O)(=O)c1ccc(C)c(O)c1. The Hall–Kier alpha value is -5.90. The molecule has 25 heteroatoms. The molecular formula is C63H87N3O16S6. The van der Waals surface area contributed by atoms with Crippen molar-refractivity contribution in [3.63, 3.8) is 0 Å². The third-order valence-corrected chi connectivity index (χ3v) is 27.1. The van der Waals surface area contributed by atoms with E-state index in [4.69, 9.17) is 0 Å². The minimum atomic E-state index is -4.45. The molecule has 0 bridgehead atoms. The van der Waals surface area contributed by atoms with Gasteiger partial charge in [-0.15, -0.1) is 0 Å². The Bertz CT molecular complexity index is 3810. The van der Waals surface area contributed by atoms with Crippen LogP contribution in [0.1, 0.15) is 153 Å². The molecule has 6 rings (SSSR count). The second-order valence-corrected chi connectivity index (χ2v) is 33.3. The van der Waals surface area contributed by atoms with E-state index < -0.39 is 60.1 Å². The lowest BCUT2D eigenvalue weighted by atomic mass is 10.1. The summed E-state index contributed by atoms with van der Waals surface area (Å²) in [7, 11) is -26.1. The van der Waals surface area contributed by atoms with Gasteiger partial charge in [0, 0.05) is 25.7 Å². The van der Waals surface area contributed by atoms with E-state index in [-0.39, 0.29) is 72.0 Å². The zero-order chi connectivity index (χ0) is 65.4. The van der Waals surface area contributed by atoms with Crippen LogP contribution in [-0.4, -0.2) is 102 Å². The number of rotatable bonds is 33. The fourth-order valence-corrected chi connectivity index (χ4v) is 20.6. The molecule has 0 aliphatic rings. The van der Waals surface area contributed by atoms with Crippen molar-refractivity contribution in [1.82, 2.24) is 11.1 Å². The molecule has 88 heavy (non-hydrogen) atoms.